The van der Waals surface area contributed by atoms with E-state index >= 15 is 0 Å². The van der Waals surface area contributed by atoms with Gasteiger partial charge in [0.2, 0.25) is 10.0 Å². The number of hydrogen-bond acceptors (Lipinski definition) is 4. The highest BCUT2D eigenvalue weighted by Crippen LogP contribution is 2.21. The van der Waals surface area contributed by atoms with Gasteiger partial charge in [0.15, 0.2) is 0 Å². The number of aryl methyl sites for hydroxylation is 1. The molecule has 0 radical (unpaired) electrons. The van der Waals surface area contributed by atoms with Crippen molar-refractivity contribution in [3.63, 3.8) is 0 Å². The molecule has 0 aromatic heterocycles. The van der Waals surface area contributed by atoms with Crippen molar-refractivity contribution in [2.24, 2.45) is 0 Å². The maximum Gasteiger partial charge on any atom is 0.240 e. The molecule has 2 aromatic rings. The molecule has 0 aliphatic heterocycles. The molecular formula is C18H24N2O3S. The molecule has 0 fully saturated rings. The fourth-order valence-electron chi connectivity index (χ4n) is 2.43. The minimum Gasteiger partial charge on any atom is -0.496 e. The second-order valence-electron chi connectivity index (χ2n) is 5.69. The lowest BCUT2D eigenvalue weighted by Crippen LogP contribution is -2.20. The van der Waals surface area contributed by atoms with Crippen molar-refractivity contribution >= 4 is 10.0 Å². The zero-order chi connectivity index (χ0) is 17.7. The molecule has 0 aliphatic rings. The van der Waals surface area contributed by atoms with Crippen LogP contribution in [0, 0.1) is 6.92 Å². The van der Waals surface area contributed by atoms with Gasteiger partial charge in [0, 0.05) is 18.2 Å². The topological polar surface area (TPSA) is 67.4 Å². The fourth-order valence-corrected chi connectivity index (χ4v) is 3.16. The lowest BCUT2D eigenvalue weighted by Gasteiger charge is -2.16. The number of hydrogen-bond donors (Lipinski definition) is 2. The molecular weight excluding hydrogens is 324 g/mol. The molecule has 0 aliphatic carbocycles. The summed E-state index contributed by atoms with van der Waals surface area (Å²) < 4.78 is 31.2. The molecule has 130 valence electrons. The Hall–Kier alpha value is -1.89. The number of rotatable bonds is 7. The number of benzene rings is 2. The Labute approximate surface area is 144 Å². The van der Waals surface area contributed by atoms with Crippen molar-refractivity contribution in [2.45, 2.75) is 31.3 Å². The van der Waals surface area contributed by atoms with Gasteiger partial charge in [-0.25, -0.2) is 13.1 Å². The Kier molecular flexibility index (Phi) is 5.99. The quantitative estimate of drug-likeness (QED) is 0.807. The van der Waals surface area contributed by atoms with Gasteiger partial charge in [-0.1, -0.05) is 24.3 Å². The second kappa shape index (κ2) is 7.79. The van der Waals surface area contributed by atoms with Crippen molar-refractivity contribution in [3.05, 3.63) is 59.2 Å². The van der Waals surface area contributed by atoms with Crippen molar-refractivity contribution < 1.29 is 13.2 Å². The number of methoxy groups -OCH3 is 1. The summed E-state index contributed by atoms with van der Waals surface area (Å²) in [6.07, 6.45) is 0. The summed E-state index contributed by atoms with van der Waals surface area (Å²) in [4.78, 5) is 0.265. The van der Waals surface area contributed by atoms with Crippen LogP contribution in [0.5, 0.6) is 5.75 Å². The first-order valence-corrected chi connectivity index (χ1v) is 9.26. The molecule has 0 bridgehead atoms. The smallest absolute Gasteiger partial charge is 0.240 e. The fraction of sp³-hybridized carbons (Fsp3) is 0.333. The molecule has 0 heterocycles. The van der Waals surface area contributed by atoms with Crippen LogP contribution in [0.4, 0.5) is 0 Å². The Balaban J connectivity index is 2.06. The van der Waals surface area contributed by atoms with Crippen LogP contribution >= 0.6 is 0 Å². The summed E-state index contributed by atoms with van der Waals surface area (Å²) in [5.74, 6) is 0.866. The maximum atomic E-state index is 11.8. The van der Waals surface area contributed by atoms with Crippen molar-refractivity contribution in [2.75, 3.05) is 14.2 Å². The van der Waals surface area contributed by atoms with Gasteiger partial charge in [-0.05, 0) is 50.2 Å². The van der Waals surface area contributed by atoms with E-state index in [0.29, 0.717) is 6.54 Å². The van der Waals surface area contributed by atoms with Gasteiger partial charge in [-0.2, -0.15) is 0 Å². The van der Waals surface area contributed by atoms with E-state index in [4.69, 9.17) is 4.74 Å². The number of sulfonamides is 1. The predicted molar refractivity (Wildman–Crippen MR) is 95.7 cm³/mol. The normalized spacial score (nSPS) is 12.8. The van der Waals surface area contributed by atoms with E-state index in [1.54, 1.807) is 19.2 Å². The van der Waals surface area contributed by atoms with Gasteiger partial charge < -0.3 is 10.1 Å². The molecule has 1 atom stereocenters. The molecule has 0 saturated heterocycles. The standard InChI is InChI=1S/C18H24N2O3S/c1-13-5-6-16(18(11-13)23-4)12-20-14(2)15-7-9-17(10-8-15)24(21,22)19-3/h5-11,14,19-20H,12H2,1-4H3/t14-/m1/s1. The first-order chi connectivity index (χ1) is 11.4. The Morgan fingerprint density at radius 1 is 1.12 bits per heavy atom. The zero-order valence-electron chi connectivity index (χ0n) is 14.5. The van der Waals surface area contributed by atoms with Crippen LogP contribution in [0.2, 0.25) is 0 Å². The van der Waals surface area contributed by atoms with Gasteiger partial charge in [0.1, 0.15) is 5.75 Å². The van der Waals surface area contributed by atoms with Crippen LogP contribution in [-0.4, -0.2) is 22.6 Å². The van der Waals surface area contributed by atoms with Crippen LogP contribution < -0.4 is 14.8 Å². The van der Waals surface area contributed by atoms with E-state index in [-0.39, 0.29) is 10.9 Å². The highest BCUT2D eigenvalue weighted by molar-refractivity contribution is 7.89. The van der Waals surface area contributed by atoms with Crippen LogP contribution in [0.15, 0.2) is 47.4 Å². The summed E-state index contributed by atoms with van der Waals surface area (Å²) in [6, 6.07) is 13.1. The largest absolute Gasteiger partial charge is 0.496 e. The van der Waals surface area contributed by atoms with E-state index in [1.165, 1.54) is 7.05 Å². The van der Waals surface area contributed by atoms with E-state index in [9.17, 15) is 8.42 Å². The minimum atomic E-state index is -3.40. The molecule has 2 aromatic carbocycles. The molecule has 5 nitrogen and oxygen atoms in total. The highest BCUT2D eigenvalue weighted by atomic mass is 32.2. The molecule has 6 heteroatoms. The zero-order valence-corrected chi connectivity index (χ0v) is 15.3. The summed E-state index contributed by atoms with van der Waals surface area (Å²) in [5.41, 5.74) is 3.27. The second-order valence-corrected chi connectivity index (χ2v) is 7.58. The molecule has 0 unspecified atom stereocenters. The van der Waals surface area contributed by atoms with Crippen molar-refractivity contribution in [3.8, 4) is 5.75 Å². The van der Waals surface area contributed by atoms with Crippen LogP contribution in [0.25, 0.3) is 0 Å². The first-order valence-electron chi connectivity index (χ1n) is 7.78. The number of ether oxygens (including phenoxy) is 1. The van der Waals surface area contributed by atoms with Crippen molar-refractivity contribution in [1.29, 1.82) is 0 Å². The number of nitrogens with one attached hydrogen (secondary N) is 2. The summed E-state index contributed by atoms with van der Waals surface area (Å²) in [6.45, 7) is 4.74. The molecule has 24 heavy (non-hydrogen) atoms. The third-order valence-corrected chi connectivity index (χ3v) is 5.43. The summed E-state index contributed by atoms with van der Waals surface area (Å²) >= 11 is 0. The van der Waals surface area contributed by atoms with Gasteiger partial charge >= 0.3 is 0 Å². The average molecular weight is 348 g/mol. The summed E-state index contributed by atoms with van der Waals surface area (Å²) in [5, 5.41) is 3.44. The average Bonchev–Trinajstić information content (AvgIpc) is 2.60. The van der Waals surface area contributed by atoms with E-state index in [1.807, 2.05) is 32.0 Å². The minimum absolute atomic E-state index is 0.0855. The highest BCUT2D eigenvalue weighted by Gasteiger charge is 2.12. The Morgan fingerprint density at radius 3 is 2.38 bits per heavy atom. The Morgan fingerprint density at radius 2 is 1.79 bits per heavy atom. The van der Waals surface area contributed by atoms with Gasteiger partial charge in [0.05, 0.1) is 12.0 Å². The predicted octanol–water partition coefficient (Wildman–Crippen LogP) is 2.76. The lowest BCUT2D eigenvalue weighted by molar-refractivity contribution is 0.405. The van der Waals surface area contributed by atoms with Gasteiger partial charge in [0.25, 0.3) is 0 Å². The van der Waals surface area contributed by atoms with Crippen LogP contribution in [-0.2, 0) is 16.6 Å². The lowest BCUT2D eigenvalue weighted by atomic mass is 10.1. The first kappa shape index (κ1) is 18.4. The monoisotopic (exact) mass is 348 g/mol. The van der Waals surface area contributed by atoms with Gasteiger partial charge in [-0.15, -0.1) is 0 Å². The summed E-state index contributed by atoms with van der Waals surface area (Å²) in [7, 11) is -0.322. The van der Waals surface area contributed by atoms with Gasteiger partial charge in [-0.3, -0.25) is 0 Å². The Bertz CT molecular complexity index is 786. The van der Waals surface area contributed by atoms with E-state index in [2.05, 4.69) is 22.2 Å². The third kappa shape index (κ3) is 4.35. The third-order valence-electron chi connectivity index (χ3n) is 4.00. The molecule has 2 rings (SSSR count). The molecule has 2 N–H and O–H groups in total. The van der Waals surface area contributed by atoms with Crippen LogP contribution in [0.1, 0.15) is 29.7 Å². The van der Waals surface area contributed by atoms with Crippen LogP contribution in [0.3, 0.4) is 0 Å². The van der Waals surface area contributed by atoms with E-state index in [0.717, 1.165) is 22.4 Å². The van der Waals surface area contributed by atoms with Crippen molar-refractivity contribution in [1.82, 2.24) is 10.0 Å². The molecule has 0 saturated carbocycles. The maximum absolute atomic E-state index is 11.8. The SMILES string of the molecule is CNS(=O)(=O)c1ccc([C@@H](C)NCc2ccc(C)cc2OC)cc1. The molecule has 0 amide bonds. The molecule has 0 spiro atoms. The van der Waals surface area contributed by atoms with E-state index < -0.39 is 10.0 Å².